The molecule has 0 unspecified atom stereocenters. The molecular formula is C56H56N8O4. The van der Waals surface area contributed by atoms with Crippen molar-refractivity contribution in [2.24, 2.45) is 20.0 Å². The summed E-state index contributed by atoms with van der Waals surface area (Å²) in [5.74, 6) is 2.66. The van der Waals surface area contributed by atoms with E-state index in [1.807, 2.05) is 98.9 Å². The highest BCUT2D eigenvalue weighted by Gasteiger charge is 2.37. The van der Waals surface area contributed by atoms with Gasteiger partial charge in [0.1, 0.15) is 23.0 Å². The molecule has 0 fully saturated rings. The van der Waals surface area contributed by atoms with Crippen molar-refractivity contribution < 1.29 is 18.9 Å². The van der Waals surface area contributed by atoms with Crippen LogP contribution in [0, 0.1) is 0 Å². The Balaban J connectivity index is 1.50. The molecule has 0 aliphatic carbocycles. The van der Waals surface area contributed by atoms with Gasteiger partial charge in [0.2, 0.25) is 0 Å². The minimum atomic E-state index is 0.638. The molecule has 0 saturated carbocycles. The van der Waals surface area contributed by atoms with Crippen LogP contribution in [0.4, 0.5) is 22.7 Å². The SMILES string of the molecule is COc1cc(N(C)C)ccc1C1=CC2=CC3=NC(=CC4=NC(=CC5=NC(=C(c6ccc(N(C)C)cc6OC)C1=N2)C(c1ccc(N(C)C)cc1OC)=C5c1ccc(N(C)C)cc1OC)C=C4)C=C3. The van der Waals surface area contributed by atoms with Gasteiger partial charge in [0.25, 0.3) is 0 Å². The molecule has 0 radical (unpaired) electrons. The largest absolute Gasteiger partial charge is 0.496 e. The van der Waals surface area contributed by atoms with Gasteiger partial charge in [-0.1, -0.05) is 0 Å². The van der Waals surface area contributed by atoms with E-state index in [2.05, 4.69) is 98.5 Å². The fourth-order valence-corrected chi connectivity index (χ4v) is 8.80. The summed E-state index contributed by atoms with van der Waals surface area (Å²) in [5, 5.41) is 0. The smallest absolute Gasteiger partial charge is 0.128 e. The van der Waals surface area contributed by atoms with Crippen molar-refractivity contribution in [3.63, 3.8) is 0 Å². The van der Waals surface area contributed by atoms with Crippen molar-refractivity contribution in [3.05, 3.63) is 166 Å². The molecular weight excluding hydrogens is 849 g/mol. The predicted octanol–water partition coefficient (Wildman–Crippen LogP) is 9.99. The number of hydrogen-bond acceptors (Lipinski definition) is 12. The maximum absolute atomic E-state index is 6.39. The monoisotopic (exact) mass is 904 g/mol. The first-order chi connectivity index (χ1) is 32.8. The van der Waals surface area contributed by atoms with Gasteiger partial charge in [-0.05, 0) is 97.1 Å². The fourth-order valence-electron chi connectivity index (χ4n) is 8.80. The third-order valence-electron chi connectivity index (χ3n) is 12.4. The highest BCUT2D eigenvalue weighted by atomic mass is 16.5. The molecule has 9 rings (SSSR count). The summed E-state index contributed by atoms with van der Waals surface area (Å²) in [4.78, 5) is 29.7. The molecule has 5 aliphatic rings. The van der Waals surface area contributed by atoms with Gasteiger partial charge in [0, 0.05) is 148 Å². The van der Waals surface area contributed by atoms with E-state index in [-0.39, 0.29) is 0 Å². The number of nitrogens with zero attached hydrogens (tertiary/aromatic N) is 8. The highest BCUT2D eigenvalue weighted by Crippen LogP contribution is 2.52. The summed E-state index contributed by atoms with van der Waals surface area (Å²) < 4.78 is 25.3. The first kappa shape index (κ1) is 45.1. The van der Waals surface area contributed by atoms with Crippen molar-refractivity contribution in [1.82, 2.24) is 0 Å². The van der Waals surface area contributed by atoms with Crippen molar-refractivity contribution in [3.8, 4) is 23.0 Å². The minimum absolute atomic E-state index is 0.638. The predicted molar refractivity (Wildman–Crippen MR) is 283 cm³/mol. The van der Waals surface area contributed by atoms with E-state index in [0.29, 0.717) is 45.8 Å². The number of fused-ring (bicyclic) bond motifs is 4. The van der Waals surface area contributed by atoms with Gasteiger partial charge in [0.15, 0.2) is 0 Å². The number of allylic oxidation sites excluding steroid dienone is 12. The molecule has 4 aromatic rings. The molecule has 0 N–H and O–H groups in total. The lowest BCUT2D eigenvalue weighted by Gasteiger charge is -2.23. The summed E-state index contributed by atoms with van der Waals surface area (Å²) in [6, 6.07) is 25.0. The maximum atomic E-state index is 6.39. The minimum Gasteiger partial charge on any atom is -0.496 e. The summed E-state index contributed by atoms with van der Waals surface area (Å²) in [6.07, 6.45) is 16.2. The van der Waals surface area contributed by atoms with E-state index in [1.54, 1.807) is 28.4 Å². The van der Waals surface area contributed by atoms with Crippen LogP contribution >= 0.6 is 0 Å². The Morgan fingerprint density at radius 2 is 0.765 bits per heavy atom. The van der Waals surface area contributed by atoms with E-state index in [9.17, 15) is 0 Å². The molecule has 12 nitrogen and oxygen atoms in total. The van der Waals surface area contributed by atoms with Crippen molar-refractivity contribution in [2.75, 3.05) is 104 Å². The van der Waals surface area contributed by atoms with Crippen LogP contribution in [0.2, 0.25) is 0 Å². The number of benzene rings is 4. The van der Waals surface area contributed by atoms with E-state index >= 15 is 0 Å². The van der Waals surface area contributed by atoms with Crippen LogP contribution in [0.3, 0.4) is 0 Å². The molecule has 5 aliphatic heterocycles. The quantitative estimate of drug-likeness (QED) is 0.139. The molecule has 8 bridgehead atoms. The zero-order valence-corrected chi connectivity index (χ0v) is 40.8. The number of methoxy groups -OCH3 is 4. The van der Waals surface area contributed by atoms with E-state index in [0.717, 1.165) is 90.1 Å². The molecule has 0 spiro atoms. The maximum Gasteiger partial charge on any atom is 0.128 e. The number of anilines is 4. The lowest BCUT2D eigenvalue weighted by molar-refractivity contribution is 0.413. The Kier molecular flexibility index (Phi) is 12.1. The molecule has 68 heavy (non-hydrogen) atoms. The van der Waals surface area contributed by atoms with Crippen LogP contribution in [0.1, 0.15) is 22.3 Å². The van der Waals surface area contributed by atoms with Crippen LogP contribution in [-0.2, 0) is 0 Å². The summed E-state index contributed by atoms with van der Waals surface area (Å²) in [7, 11) is 23.0. The molecule has 0 saturated heterocycles. The summed E-state index contributed by atoms with van der Waals surface area (Å²) in [6.45, 7) is 0. The molecule has 0 amide bonds. The third kappa shape index (κ3) is 8.34. The van der Waals surface area contributed by atoms with Crippen LogP contribution in [0.25, 0.3) is 22.3 Å². The zero-order chi connectivity index (χ0) is 48.0. The molecule has 0 aromatic heterocycles. The van der Waals surface area contributed by atoms with Gasteiger partial charge in [-0.3, -0.25) is 0 Å². The van der Waals surface area contributed by atoms with Crippen LogP contribution in [-0.4, -0.2) is 108 Å². The standard InChI is InChI=1S/C56H56N8O4/c1-61(2)38-17-21-42(48(29-38)65-9)46-27-37-26-35-14-13-33(57-35)25-34-15-16-36(58-34)28-47-52(43-22-18-39(62(3)4)30-49(43)66-10)53(44-23-19-40(63(5)6)31-50(44)67-11)56(60-47)54(55(46)59-37)45-24-20-41(64(7)8)32-51(45)68-12/h13-32H,1-12H3. The van der Waals surface area contributed by atoms with E-state index < -0.39 is 0 Å². The van der Waals surface area contributed by atoms with Gasteiger partial charge >= 0.3 is 0 Å². The number of rotatable bonds is 12. The van der Waals surface area contributed by atoms with Gasteiger partial charge in [-0.15, -0.1) is 0 Å². The Labute approximate surface area is 399 Å². The average molecular weight is 905 g/mol. The zero-order valence-electron chi connectivity index (χ0n) is 40.8. The Hall–Kier alpha value is -8.12. The molecule has 5 heterocycles. The van der Waals surface area contributed by atoms with Crippen molar-refractivity contribution in [1.29, 1.82) is 0 Å². The van der Waals surface area contributed by atoms with Crippen molar-refractivity contribution in [2.45, 2.75) is 0 Å². The van der Waals surface area contributed by atoms with Gasteiger partial charge < -0.3 is 38.5 Å². The summed E-state index contributed by atoms with van der Waals surface area (Å²) >= 11 is 0. The third-order valence-corrected chi connectivity index (χ3v) is 12.4. The number of aliphatic imine (C=N–C) groups is 4. The topological polar surface area (TPSA) is 99.3 Å². The van der Waals surface area contributed by atoms with E-state index in [1.165, 1.54) is 0 Å². The summed E-state index contributed by atoms with van der Waals surface area (Å²) in [5.41, 5.74) is 16.1. The second kappa shape index (κ2) is 18.3. The lowest BCUT2D eigenvalue weighted by atomic mass is 9.84. The lowest BCUT2D eigenvalue weighted by Crippen LogP contribution is -2.12. The Morgan fingerprint density at radius 3 is 1.22 bits per heavy atom. The van der Waals surface area contributed by atoms with Crippen LogP contribution in [0.5, 0.6) is 23.0 Å². The molecule has 4 aromatic carbocycles. The van der Waals surface area contributed by atoms with Gasteiger partial charge in [0.05, 0.1) is 74.1 Å². The number of ether oxygens (including phenoxy) is 4. The molecule has 0 atom stereocenters. The average Bonchev–Trinajstić information content (AvgIpc) is 4.15. The normalized spacial score (nSPS) is 15.8. The highest BCUT2D eigenvalue weighted by molar-refractivity contribution is 6.51. The first-order valence-corrected chi connectivity index (χ1v) is 22.3. The Bertz CT molecular complexity index is 3160. The molecule has 12 heteroatoms. The van der Waals surface area contributed by atoms with Gasteiger partial charge in [-0.25, -0.2) is 20.0 Å². The van der Waals surface area contributed by atoms with Crippen LogP contribution < -0.4 is 38.5 Å². The second-order valence-corrected chi connectivity index (χ2v) is 17.6. The fraction of sp³-hybridized carbons (Fsp3) is 0.214. The number of hydrogen-bond donors (Lipinski definition) is 0. The Morgan fingerprint density at radius 1 is 0.368 bits per heavy atom. The van der Waals surface area contributed by atoms with Gasteiger partial charge in [-0.2, -0.15) is 0 Å². The first-order valence-electron chi connectivity index (χ1n) is 22.3. The van der Waals surface area contributed by atoms with Crippen molar-refractivity contribution >= 4 is 67.9 Å². The molecule has 344 valence electrons. The van der Waals surface area contributed by atoms with E-state index in [4.69, 9.17) is 38.9 Å². The second-order valence-electron chi connectivity index (χ2n) is 17.6. The van der Waals surface area contributed by atoms with Crippen LogP contribution in [0.15, 0.2) is 164 Å².